The van der Waals surface area contributed by atoms with Crippen molar-refractivity contribution in [3.8, 4) is 0 Å². The quantitative estimate of drug-likeness (QED) is 0.758. The number of anilines is 1. The van der Waals surface area contributed by atoms with Crippen molar-refractivity contribution >= 4 is 11.6 Å². The summed E-state index contributed by atoms with van der Waals surface area (Å²) in [5, 5.41) is 3.16. The molecule has 2 unspecified atom stereocenters. The highest BCUT2D eigenvalue weighted by Crippen LogP contribution is 2.25. The summed E-state index contributed by atoms with van der Waals surface area (Å²) >= 11 is 0. The summed E-state index contributed by atoms with van der Waals surface area (Å²) < 4.78 is 5.42. The van der Waals surface area contributed by atoms with Gasteiger partial charge in [0, 0.05) is 44.0 Å². The molecule has 31 heavy (non-hydrogen) atoms. The van der Waals surface area contributed by atoms with Gasteiger partial charge in [-0.15, -0.1) is 0 Å². The number of nitrogens with one attached hydrogen (secondary N) is 1. The lowest BCUT2D eigenvalue weighted by Crippen LogP contribution is -2.35. The molecule has 1 amide bonds. The maximum atomic E-state index is 12.9. The Labute approximate surface area is 186 Å². The van der Waals surface area contributed by atoms with Crippen molar-refractivity contribution in [2.45, 2.75) is 39.3 Å². The second kappa shape index (κ2) is 10.3. The first kappa shape index (κ1) is 21.8. The fourth-order valence-corrected chi connectivity index (χ4v) is 4.59. The van der Waals surface area contributed by atoms with Crippen LogP contribution in [-0.4, -0.2) is 50.2 Å². The van der Waals surface area contributed by atoms with E-state index in [9.17, 15) is 4.79 Å². The van der Waals surface area contributed by atoms with Crippen LogP contribution in [0.5, 0.6) is 0 Å². The normalized spacial score (nSPS) is 21.0. The zero-order valence-electron chi connectivity index (χ0n) is 18.8. The summed E-state index contributed by atoms with van der Waals surface area (Å²) in [6.45, 7) is 11.0. The summed E-state index contributed by atoms with van der Waals surface area (Å²) in [4.78, 5) is 17.7. The number of carbonyl (C=O) groups is 1. The number of hydrogen-bond acceptors (Lipinski definition) is 4. The lowest BCUT2D eigenvalue weighted by Gasteiger charge is -2.33. The Kier molecular flexibility index (Phi) is 7.25. The van der Waals surface area contributed by atoms with E-state index < -0.39 is 0 Å². The Morgan fingerprint density at radius 2 is 1.90 bits per heavy atom. The molecule has 0 radical (unpaired) electrons. The largest absolute Gasteiger partial charge is 0.379 e. The van der Waals surface area contributed by atoms with Crippen LogP contribution in [-0.2, 0) is 11.3 Å². The number of nitrogens with zero attached hydrogens (tertiary/aromatic N) is 2. The van der Waals surface area contributed by atoms with Crippen molar-refractivity contribution in [2.24, 2.45) is 5.92 Å². The van der Waals surface area contributed by atoms with Crippen LogP contribution in [0.2, 0.25) is 0 Å². The van der Waals surface area contributed by atoms with E-state index in [-0.39, 0.29) is 11.9 Å². The van der Waals surface area contributed by atoms with Crippen LogP contribution in [0, 0.1) is 5.92 Å². The molecule has 2 heterocycles. The smallest absolute Gasteiger partial charge is 0.251 e. The zero-order valence-corrected chi connectivity index (χ0v) is 18.8. The number of amides is 1. The van der Waals surface area contributed by atoms with Crippen LogP contribution in [0.3, 0.4) is 0 Å². The first-order chi connectivity index (χ1) is 15.1. The topological polar surface area (TPSA) is 44.8 Å². The summed E-state index contributed by atoms with van der Waals surface area (Å²) in [7, 11) is 0. The molecule has 0 saturated carbocycles. The predicted octanol–water partition coefficient (Wildman–Crippen LogP) is 4.25. The lowest BCUT2D eigenvalue weighted by molar-refractivity contribution is 0.0342. The molecule has 166 valence electrons. The molecule has 5 heteroatoms. The van der Waals surface area contributed by atoms with Gasteiger partial charge < -0.3 is 15.0 Å². The standard InChI is InChI=1S/C26H35N3O2/c1-20-5-4-12-29(18-20)25-10-8-23(9-11-25)21(2)27-26(30)24-7-3-6-22(17-24)19-28-13-15-31-16-14-28/h3,6-11,17,20-21H,4-5,12-16,18-19H2,1-2H3,(H,27,30). The molecular formula is C26H35N3O2. The first-order valence-corrected chi connectivity index (χ1v) is 11.6. The Morgan fingerprint density at radius 3 is 2.65 bits per heavy atom. The van der Waals surface area contributed by atoms with E-state index in [0.29, 0.717) is 0 Å². The maximum absolute atomic E-state index is 12.9. The highest BCUT2D eigenvalue weighted by molar-refractivity contribution is 5.94. The Hall–Kier alpha value is -2.37. The van der Waals surface area contributed by atoms with E-state index in [0.717, 1.165) is 63.0 Å². The third-order valence-corrected chi connectivity index (χ3v) is 6.46. The van der Waals surface area contributed by atoms with Gasteiger partial charge in [-0.3, -0.25) is 9.69 Å². The van der Waals surface area contributed by atoms with Crippen LogP contribution in [0.15, 0.2) is 48.5 Å². The van der Waals surface area contributed by atoms with Crippen LogP contribution in [0.1, 0.15) is 54.2 Å². The molecule has 2 aromatic carbocycles. The van der Waals surface area contributed by atoms with E-state index in [1.165, 1.54) is 24.1 Å². The number of rotatable bonds is 6. The van der Waals surface area contributed by atoms with Gasteiger partial charge in [0.1, 0.15) is 0 Å². The minimum absolute atomic E-state index is 0.0229. The molecule has 2 fully saturated rings. The summed E-state index contributed by atoms with van der Waals surface area (Å²) in [6, 6.07) is 16.6. The minimum Gasteiger partial charge on any atom is -0.379 e. The molecule has 2 saturated heterocycles. The Balaban J connectivity index is 1.35. The minimum atomic E-state index is -0.0373. The Morgan fingerprint density at radius 1 is 1.13 bits per heavy atom. The molecule has 2 aliphatic heterocycles. The average Bonchev–Trinajstić information content (AvgIpc) is 2.80. The van der Waals surface area contributed by atoms with Gasteiger partial charge in [-0.05, 0) is 61.1 Å². The molecule has 2 aromatic rings. The van der Waals surface area contributed by atoms with Gasteiger partial charge in [0.25, 0.3) is 5.91 Å². The third kappa shape index (κ3) is 5.86. The molecule has 0 aliphatic carbocycles. The number of piperidine rings is 1. The van der Waals surface area contributed by atoms with Crippen LogP contribution in [0.25, 0.3) is 0 Å². The van der Waals surface area contributed by atoms with Crippen LogP contribution in [0.4, 0.5) is 5.69 Å². The fraction of sp³-hybridized carbons (Fsp3) is 0.500. The summed E-state index contributed by atoms with van der Waals surface area (Å²) in [5.74, 6) is 0.732. The molecule has 2 aliphatic rings. The fourth-order valence-electron chi connectivity index (χ4n) is 4.59. The van der Waals surface area contributed by atoms with Gasteiger partial charge in [-0.25, -0.2) is 0 Å². The SMILES string of the molecule is CC1CCCN(c2ccc(C(C)NC(=O)c3cccc(CN4CCOCC4)c3)cc2)C1. The van der Waals surface area contributed by atoms with Crippen molar-refractivity contribution < 1.29 is 9.53 Å². The van der Waals surface area contributed by atoms with Crippen molar-refractivity contribution in [1.82, 2.24) is 10.2 Å². The summed E-state index contributed by atoms with van der Waals surface area (Å²) in [5.41, 5.74) is 4.30. The molecule has 2 atom stereocenters. The van der Waals surface area contributed by atoms with E-state index in [2.05, 4.69) is 52.4 Å². The van der Waals surface area contributed by atoms with Gasteiger partial charge >= 0.3 is 0 Å². The highest BCUT2D eigenvalue weighted by Gasteiger charge is 2.18. The van der Waals surface area contributed by atoms with E-state index in [4.69, 9.17) is 4.74 Å². The first-order valence-electron chi connectivity index (χ1n) is 11.6. The van der Waals surface area contributed by atoms with Crippen molar-refractivity contribution in [3.05, 3.63) is 65.2 Å². The highest BCUT2D eigenvalue weighted by atomic mass is 16.5. The lowest BCUT2D eigenvalue weighted by atomic mass is 9.99. The van der Waals surface area contributed by atoms with Gasteiger partial charge in [0.15, 0.2) is 0 Å². The Bertz CT molecular complexity index is 861. The molecule has 4 rings (SSSR count). The predicted molar refractivity (Wildman–Crippen MR) is 125 cm³/mol. The number of hydrogen-bond donors (Lipinski definition) is 1. The molecular weight excluding hydrogens is 386 g/mol. The number of benzene rings is 2. The van der Waals surface area contributed by atoms with Gasteiger partial charge in [0.2, 0.25) is 0 Å². The van der Waals surface area contributed by atoms with Crippen molar-refractivity contribution in [1.29, 1.82) is 0 Å². The van der Waals surface area contributed by atoms with Crippen molar-refractivity contribution in [3.63, 3.8) is 0 Å². The second-order valence-corrected chi connectivity index (χ2v) is 9.07. The second-order valence-electron chi connectivity index (χ2n) is 9.07. The van der Waals surface area contributed by atoms with E-state index in [1.807, 2.05) is 25.1 Å². The molecule has 1 N–H and O–H groups in total. The van der Waals surface area contributed by atoms with Gasteiger partial charge in [0.05, 0.1) is 19.3 Å². The monoisotopic (exact) mass is 421 g/mol. The summed E-state index contributed by atoms with van der Waals surface area (Å²) in [6.07, 6.45) is 2.59. The molecule has 0 spiro atoms. The van der Waals surface area contributed by atoms with Gasteiger partial charge in [-0.2, -0.15) is 0 Å². The number of ether oxygens (including phenoxy) is 1. The van der Waals surface area contributed by atoms with E-state index in [1.54, 1.807) is 0 Å². The third-order valence-electron chi connectivity index (χ3n) is 6.46. The van der Waals surface area contributed by atoms with Crippen LogP contribution >= 0.6 is 0 Å². The number of carbonyl (C=O) groups excluding carboxylic acids is 1. The molecule has 5 nitrogen and oxygen atoms in total. The average molecular weight is 422 g/mol. The van der Waals surface area contributed by atoms with E-state index >= 15 is 0 Å². The molecule has 0 aromatic heterocycles. The zero-order chi connectivity index (χ0) is 21.6. The molecule has 0 bridgehead atoms. The van der Waals surface area contributed by atoms with Gasteiger partial charge in [-0.1, -0.05) is 31.2 Å². The maximum Gasteiger partial charge on any atom is 0.251 e. The van der Waals surface area contributed by atoms with Crippen LogP contribution < -0.4 is 10.2 Å². The number of morpholine rings is 1. The van der Waals surface area contributed by atoms with Crippen molar-refractivity contribution in [2.75, 3.05) is 44.3 Å².